The summed E-state index contributed by atoms with van der Waals surface area (Å²) >= 11 is 0. The first-order chi connectivity index (χ1) is 8.99. The molecule has 0 fully saturated rings. The van der Waals surface area contributed by atoms with Crippen molar-refractivity contribution in [1.29, 1.82) is 0 Å². The van der Waals surface area contributed by atoms with Crippen LogP contribution < -0.4 is 0 Å². The number of aromatic nitrogens is 1. The quantitative estimate of drug-likeness (QED) is 0.822. The van der Waals surface area contributed by atoms with E-state index in [-0.39, 0.29) is 25.4 Å². The van der Waals surface area contributed by atoms with Crippen molar-refractivity contribution in [2.75, 3.05) is 33.4 Å². The predicted molar refractivity (Wildman–Crippen MR) is 63.5 cm³/mol. The molecule has 4 nitrogen and oxygen atoms in total. The second-order valence-corrected chi connectivity index (χ2v) is 3.99. The van der Waals surface area contributed by atoms with E-state index in [9.17, 15) is 13.2 Å². The highest BCUT2D eigenvalue weighted by Crippen LogP contribution is 2.31. The fourth-order valence-corrected chi connectivity index (χ4v) is 1.67. The van der Waals surface area contributed by atoms with E-state index < -0.39 is 11.7 Å². The zero-order chi connectivity index (χ0) is 14.3. The van der Waals surface area contributed by atoms with Crippen LogP contribution in [0.2, 0.25) is 0 Å². The van der Waals surface area contributed by atoms with Crippen molar-refractivity contribution in [3.63, 3.8) is 0 Å². The molecule has 7 heteroatoms. The van der Waals surface area contributed by atoms with Gasteiger partial charge >= 0.3 is 6.18 Å². The summed E-state index contributed by atoms with van der Waals surface area (Å²) in [5.41, 5.74) is -0.782. The van der Waals surface area contributed by atoms with Gasteiger partial charge in [-0.15, -0.1) is 0 Å². The lowest BCUT2D eigenvalue weighted by Gasteiger charge is -2.22. The van der Waals surface area contributed by atoms with Crippen LogP contribution in [0, 0.1) is 0 Å². The van der Waals surface area contributed by atoms with E-state index in [4.69, 9.17) is 9.84 Å². The van der Waals surface area contributed by atoms with Crippen LogP contribution in [0.5, 0.6) is 0 Å². The number of pyridine rings is 1. The molecule has 0 atom stereocenters. The van der Waals surface area contributed by atoms with Crippen molar-refractivity contribution in [3.8, 4) is 0 Å². The maximum atomic E-state index is 12.8. The van der Waals surface area contributed by atoms with Crippen LogP contribution in [-0.4, -0.2) is 48.4 Å². The lowest BCUT2D eigenvalue weighted by Crippen LogP contribution is -2.31. The largest absolute Gasteiger partial charge is 0.418 e. The molecule has 1 N–H and O–H groups in total. The van der Waals surface area contributed by atoms with E-state index in [2.05, 4.69) is 4.98 Å². The van der Waals surface area contributed by atoms with Gasteiger partial charge in [0.1, 0.15) is 0 Å². The number of ether oxygens (including phenoxy) is 1. The third-order valence-electron chi connectivity index (χ3n) is 2.60. The lowest BCUT2D eigenvalue weighted by molar-refractivity contribution is -0.138. The second-order valence-electron chi connectivity index (χ2n) is 3.99. The van der Waals surface area contributed by atoms with E-state index >= 15 is 0 Å². The minimum absolute atomic E-state index is 0.0274. The van der Waals surface area contributed by atoms with Gasteiger partial charge in [-0.1, -0.05) is 0 Å². The molecule has 1 aromatic rings. The number of rotatable bonds is 7. The Labute approximate surface area is 109 Å². The lowest BCUT2D eigenvalue weighted by atomic mass is 10.1. The number of hydrogen-bond acceptors (Lipinski definition) is 4. The van der Waals surface area contributed by atoms with Crippen molar-refractivity contribution in [2.45, 2.75) is 12.7 Å². The van der Waals surface area contributed by atoms with Gasteiger partial charge in [0.2, 0.25) is 0 Å². The van der Waals surface area contributed by atoms with E-state index in [1.54, 1.807) is 4.90 Å². The van der Waals surface area contributed by atoms with E-state index in [0.29, 0.717) is 13.2 Å². The normalized spacial score (nSPS) is 12.1. The Bertz CT molecular complexity index is 385. The maximum Gasteiger partial charge on any atom is 0.418 e. The summed E-state index contributed by atoms with van der Waals surface area (Å²) in [6, 6.07) is 2.27. The number of methoxy groups -OCH3 is 1. The SMILES string of the molecule is COCCN(CCO)Cc1ncccc1C(F)(F)F. The summed E-state index contributed by atoms with van der Waals surface area (Å²) in [4.78, 5) is 5.46. The number of aliphatic hydroxyl groups excluding tert-OH is 1. The van der Waals surface area contributed by atoms with Crippen LogP contribution in [0.4, 0.5) is 13.2 Å². The molecule has 0 aliphatic carbocycles. The number of nitrogens with zero attached hydrogens (tertiary/aromatic N) is 2. The number of alkyl halides is 3. The van der Waals surface area contributed by atoms with Crippen molar-refractivity contribution in [3.05, 3.63) is 29.6 Å². The molecule has 0 spiro atoms. The molecule has 0 unspecified atom stereocenters. The van der Waals surface area contributed by atoms with Crippen LogP contribution in [0.25, 0.3) is 0 Å². The van der Waals surface area contributed by atoms with Gasteiger partial charge in [-0.3, -0.25) is 9.88 Å². The molecule has 0 radical (unpaired) electrons. The third kappa shape index (κ3) is 5.14. The van der Waals surface area contributed by atoms with Gasteiger partial charge in [-0.2, -0.15) is 13.2 Å². The molecule has 1 rings (SSSR count). The summed E-state index contributed by atoms with van der Waals surface area (Å²) in [5.74, 6) is 0. The van der Waals surface area contributed by atoms with Crippen LogP contribution in [0.15, 0.2) is 18.3 Å². The Balaban J connectivity index is 2.83. The van der Waals surface area contributed by atoms with Crippen LogP contribution >= 0.6 is 0 Å². The molecule has 0 aliphatic rings. The fraction of sp³-hybridized carbons (Fsp3) is 0.583. The third-order valence-corrected chi connectivity index (χ3v) is 2.60. The van der Waals surface area contributed by atoms with Crippen molar-refractivity contribution in [2.24, 2.45) is 0 Å². The van der Waals surface area contributed by atoms with Gasteiger partial charge in [-0.25, -0.2) is 0 Å². The van der Waals surface area contributed by atoms with Crippen molar-refractivity contribution < 1.29 is 23.0 Å². The zero-order valence-electron chi connectivity index (χ0n) is 10.7. The molecule has 0 saturated heterocycles. The number of hydrogen-bond donors (Lipinski definition) is 1. The van der Waals surface area contributed by atoms with Crippen LogP contribution in [0.3, 0.4) is 0 Å². The minimum atomic E-state index is -4.42. The molecule has 19 heavy (non-hydrogen) atoms. The van der Waals surface area contributed by atoms with Crippen molar-refractivity contribution >= 4 is 0 Å². The van der Waals surface area contributed by atoms with Crippen LogP contribution in [-0.2, 0) is 17.5 Å². The maximum absolute atomic E-state index is 12.8. The van der Waals surface area contributed by atoms with E-state index in [1.807, 2.05) is 0 Å². The Morgan fingerprint density at radius 2 is 2.11 bits per heavy atom. The summed E-state index contributed by atoms with van der Waals surface area (Å²) in [5, 5.41) is 8.92. The van der Waals surface area contributed by atoms with Gasteiger partial charge in [0.05, 0.1) is 24.5 Å². The molecular weight excluding hydrogens is 261 g/mol. The van der Waals surface area contributed by atoms with Gasteiger partial charge in [0.15, 0.2) is 0 Å². The average Bonchev–Trinajstić information content (AvgIpc) is 2.35. The van der Waals surface area contributed by atoms with Gasteiger partial charge < -0.3 is 9.84 Å². The minimum Gasteiger partial charge on any atom is -0.395 e. The standard InChI is InChI=1S/C12H17F3N2O2/c1-19-8-6-17(5-7-18)9-11-10(12(13,14)15)3-2-4-16-11/h2-4,18H,5-9H2,1H3. The molecule has 0 bridgehead atoms. The first-order valence-corrected chi connectivity index (χ1v) is 5.82. The zero-order valence-corrected chi connectivity index (χ0v) is 10.7. The highest BCUT2D eigenvalue weighted by Gasteiger charge is 2.34. The first-order valence-electron chi connectivity index (χ1n) is 5.82. The number of halogens is 3. The van der Waals surface area contributed by atoms with E-state index in [1.165, 1.54) is 19.4 Å². The Hall–Kier alpha value is -1.18. The van der Waals surface area contributed by atoms with Gasteiger partial charge in [0, 0.05) is 32.9 Å². The van der Waals surface area contributed by atoms with Gasteiger partial charge in [-0.05, 0) is 12.1 Å². The molecule has 0 aromatic carbocycles. The smallest absolute Gasteiger partial charge is 0.395 e. The van der Waals surface area contributed by atoms with Crippen molar-refractivity contribution in [1.82, 2.24) is 9.88 Å². The Morgan fingerprint density at radius 1 is 1.37 bits per heavy atom. The second kappa shape index (κ2) is 7.42. The molecule has 1 aromatic heterocycles. The summed E-state index contributed by atoms with van der Waals surface area (Å²) in [7, 11) is 1.51. The molecular formula is C12H17F3N2O2. The highest BCUT2D eigenvalue weighted by molar-refractivity contribution is 5.22. The monoisotopic (exact) mass is 278 g/mol. The topological polar surface area (TPSA) is 45.6 Å². The fourth-order valence-electron chi connectivity index (χ4n) is 1.67. The summed E-state index contributed by atoms with van der Waals surface area (Å²) in [6.45, 7) is 0.994. The predicted octanol–water partition coefficient (Wildman–Crippen LogP) is 1.54. The Kier molecular flexibility index (Phi) is 6.20. The first kappa shape index (κ1) is 15.9. The summed E-state index contributed by atoms with van der Waals surface area (Å²) < 4.78 is 43.3. The molecule has 0 amide bonds. The van der Waals surface area contributed by atoms with E-state index in [0.717, 1.165) is 6.07 Å². The number of aliphatic hydroxyl groups is 1. The molecule has 0 saturated carbocycles. The van der Waals surface area contributed by atoms with Crippen LogP contribution in [0.1, 0.15) is 11.3 Å². The summed E-state index contributed by atoms with van der Waals surface area (Å²) in [6.07, 6.45) is -3.09. The highest BCUT2D eigenvalue weighted by atomic mass is 19.4. The van der Waals surface area contributed by atoms with Gasteiger partial charge in [0.25, 0.3) is 0 Å². The molecule has 1 heterocycles. The molecule has 108 valence electrons. The average molecular weight is 278 g/mol. The Morgan fingerprint density at radius 3 is 2.68 bits per heavy atom. The molecule has 0 aliphatic heterocycles.